The second-order valence-corrected chi connectivity index (χ2v) is 6.53. The molecule has 0 saturated carbocycles. The minimum Gasteiger partial charge on any atom is -0.480 e. The highest BCUT2D eigenvalue weighted by Crippen LogP contribution is 2.35. The monoisotopic (exact) mass is 353 g/mol. The van der Waals surface area contributed by atoms with Gasteiger partial charge in [-0.25, -0.2) is 0 Å². The van der Waals surface area contributed by atoms with E-state index in [0.717, 1.165) is 21.6 Å². The fourth-order valence-electron chi connectivity index (χ4n) is 2.04. The van der Waals surface area contributed by atoms with Gasteiger partial charge < -0.3 is 9.52 Å². The van der Waals surface area contributed by atoms with E-state index in [0.29, 0.717) is 5.75 Å². The summed E-state index contributed by atoms with van der Waals surface area (Å²) in [4.78, 5) is 10.9. The van der Waals surface area contributed by atoms with Gasteiger partial charge in [0.05, 0.1) is 0 Å². The van der Waals surface area contributed by atoms with Crippen molar-refractivity contribution < 1.29 is 14.3 Å². The largest absolute Gasteiger partial charge is 0.480 e. The van der Waals surface area contributed by atoms with Gasteiger partial charge in [-0.05, 0) is 24.3 Å². The summed E-state index contributed by atoms with van der Waals surface area (Å²) in [5.41, 5.74) is 0.997. The molecule has 1 fully saturated rings. The molecule has 3 rings (SSSR count). The minimum atomic E-state index is -0.820. The molecule has 2 heterocycles. The molecule has 1 saturated heterocycles. The maximum absolute atomic E-state index is 10.9. The number of rotatable bonds is 3. The van der Waals surface area contributed by atoms with E-state index in [1.807, 2.05) is 36.4 Å². The van der Waals surface area contributed by atoms with E-state index < -0.39 is 12.0 Å². The lowest BCUT2D eigenvalue weighted by Gasteiger charge is -2.07. The van der Waals surface area contributed by atoms with Gasteiger partial charge in [0.25, 0.3) is 0 Å². The molecule has 2 aromatic rings. The summed E-state index contributed by atoms with van der Waals surface area (Å²) in [5, 5.41) is 11.9. The van der Waals surface area contributed by atoms with Crippen molar-refractivity contribution in [3.05, 3.63) is 46.6 Å². The molecule has 2 atom stereocenters. The third-order valence-corrected chi connectivity index (χ3v) is 4.85. The van der Waals surface area contributed by atoms with Crippen LogP contribution in [0.4, 0.5) is 0 Å². The Bertz CT molecular complexity index is 626. The average molecular weight is 354 g/mol. The third kappa shape index (κ3) is 2.77. The molecular weight excluding hydrogens is 342 g/mol. The molecule has 4 nitrogen and oxygen atoms in total. The number of thioether (sulfide) groups is 1. The van der Waals surface area contributed by atoms with Crippen molar-refractivity contribution in [2.24, 2.45) is 0 Å². The van der Waals surface area contributed by atoms with Crippen LogP contribution >= 0.6 is 27.7 Å². The summed E-state index contributed by atoms with van der Waals surface area (Å²) in [7, 11) is 0. The number of halogens is 1. The Balaban J connectivity index is 1.77. The molecule has 6 heteroatoms. The second-order valence-electron chi connectivity index (χ2n) is 4.48. The lowest BCUT2D eigenvalue weighted by molar-refractivity contribution is -0.138. The first-order chi connectivity index (χ1) is 9.63. The highest BCUT2D eigenvalue weighted by atomic mass is 79.9. The van der Waals surface area contributed by atoms with Gasteiger partial charge in [0.1, 0.15) is 22.9 Å². The van der Waals surface area contributed by atoms with Crippen molar-refractivity contribution in [3.8, 4) is 11.3 Å². The molecule has 0 spiro atoms. The van der Waals surface area contributed by atoms with Crippen molar-refractivity contribution >= 4 is 33.7 Å². The molecule has 1 aromatic carbocycles. The minimum absolute atomic E-state index is 0.0969. The van der Waals surface area contributed by atoms with Crippen LogP contribution in [0.25, 0.3) is 11.3 Å². The number of benzene rings is 1. The molecule has 1 aromatic heterocycles. The first-order valence-electron chi connectivity index (χ1n) is 6.09. The fraction of sp³-hybridized carbons (Fsp3) is 0.214. The number of carbonyl (C=O) groups is 1. The van der Waals surface area contributed by atoms with Crippen LogP contribution in [0.1, 0.15) is 11.1 Å². The molecule has 1 aliphatic rings. The molecular formula is C14H12BrNO3S. The predicted molar refractivity (Wildman–Crippen MR) is 81.6 cm³/mol. The van der Waals surface area contributed by atoms with Gasteiger partial charge in [0.2, 0.25) is 0 Å². The van der Waals surface area contributed by atoms with Crippen LogP contribution in [0.15, 0.2) is 45.3 Å². The Labute approximate surface area is 128 Å². The molecule has 1 aliphatic heterocycles. The zero-order chi connectivity index (χ0) is 14.1. The van der Waals surface area contributed by atoms with Crippen molar-refractivity contribution in [3.63, 3.8) is 0 Å². The number of hydrogen-bond donors (Lipinski definition) is 2. The average Bonchev–Trinajstić information content (AvgIpc) is 3.08. The smallest absolute Gasteiger partial charge is 0.321 e. The van der Waals surface area contributed by atoms with Gasteiger partial charge in [-0.1, -0.05) is 28.1 Å². The molecule has 20 heavy (non-hydrogen) atoms. The van der Waals surface area contributed by atoms with Crippen LogP contribution in [0.3, 0.4) is 0 Å². The number of hydrogen-bond acceptors (Lipinski definition) is 4. The summed E-state index contributed by atoms with van der Waals surface area (Å²) < 4.78 is 6.85. The lowest BCUT2D eigenvalue weighted by Crippen LogP contribution is -2.33. The summed E-state index contributed by atoms with van der Waals surface area (Å²) in [5.74, 6) is 1.28. The van der Waals surface area contributed by atoms with Gasteiger partial charge in [-0.2, -0.15) is 0 Å². The normalized spacial score (nSPS) is 22.1. The van der Waals surface area contributed by atoms with E-state index in [9.17, 15) is 4.79 Å². The Morgan fingerprint density at radius 2 is 2.05 bits per heavy atom. The fourth-order valence-corrected chi connectivity index (χ4v) is 3.48. The molecule has 0 amide bonds. The maximum Gasteiger partial charge on any atom is 0.321 e. The topological polar surface area (TPSA) is 62.5 Å². The molecule has 0 bridgehead atoms. The van der Waals surface area contributed by atoms with Crippen LogP contribution in [0.5, 0.6) is 0 Å². The maximum atomic E-state index is 10.9. The molecule has 2 N–H and O–H groups in total. The van der Waals surface area contributed by atoms with Crippen molar-refractivity contribution in [1.29, 1.82) is 0 Å². The summed E-state index contributed by atoms with van der Waals surface area (Å²) in [6.07, 6.45) is 0. The standard InChI is InChI=1S/C14H12BrNO3S/c15-9-3-1-8(2-4-9)11-5-6-12(19-11)13-16-10(7-20-13)14(17)18/h1-6,10,13,16H,7H2,(H,17,18)/t10-,13-/m0/s1. The van der Waals surface area contributed by atoms with Gasteiger partial charge in [-0.3, -0.25) is 10.1 Å². The van der Waals surface area contributed by atoms with Crippen LogP contribution in [0.2, 0.25) is 0 Å². The summed E-state index contributed by atoms with van der Waals surface area (Å²) in [6.45, 7) is 0. The van der Waals surface area contributed by atoms with E-state index in [1.54, 1.807) is 11.8 Å². The lowest BCUT2D eigenvalue weighted by atomic mass is 10.2. The Morgan fingerprint density at radius 3 is 2.70 bits per heavy atom. The Kier molecular flexibility index (Phi) is 3.87. The number of carboxylic acid groups (broad SMARTS) is 1. The van der Waals surface area contributed by atoms with Gasteiger partial charge in [0, 0.05) is 15.8 Å². The third-order valence-electron chi connectivity index (χ3n) is 3.09. The Hall–Kier alpha value is -1.24. The van der Waals surface area contributed by atoms with Gasteiger partial charge >= 0.3 is 5.97 Å². The second kappa shape index (κ2) is 5.63. The zero-order valence-electron chi connectivity index (χ0n) is 10.4. The van der Waals surface area contributed by atoms with Crippen LogP contribution in [0, 0.1) is 0 Å². The van der Waals surface area contributed by atoms with E-state index in [-0.39, 0.29) is 5.37 Å². The van der Waals surface area contributed by atoms with Crippen LogP contribution in [-0.4, -0.2) is 22.9 Å². The summed E-state index contributed by atoms with van der Waals surface area (Å²) >= 11 is 4.95. The van der Waals surface area contributed by atoms with E-state index in [1.165, 1.54) is 0 Å². The number of aliphatic carboxylic acids is 1. The SMILES string of the molecule is O=C(O)[C@@H]1CS[C@@H](c2ccc(-c3ccc(Br)cc3)o2)N1. The highest BCUT2D eigenvalue weighted by Gasteiger charge is 2.32. The number of nitrogens with one attached hydrogen (secondary N) is 1. The molecule has 104 valence electrons. The van der Waals surface area contributed by atoms with E-state index >= 15 is 0 Å². The first-order valence-corrected chi connectivity index (χ1v) is 7.94. The van der Waals surface area contributed by atoms with Crippen LogP contribution in [-0.2, 0) is 4.79 Å². The molecule has 0 aliphatic carbocycles. The Morgan fingerprint density at radius 1 is 1.30 bits per heavy atom. The van der Waals surface area contributed by atoms with Crippen molar-refractivity contribution in [1.82, 2.24) is 5.32 Å². The number of furan rings is 1. The highest BCUT2D eigenvalue weighted by molar-refractivity contribution is 9.10. The van der Waals surface area contributed by atoms with Crippen LogP contribution < -0.4 is 5.32 Å². The van der Waals surface area contributed by atoms with E-state index in [2.05, 4.69) is 21.2 Å². The summed E-state index contributed by atoms with van der Waals surface area (Å²) in [6, 6.07) is 11.2. The predicted octanol–water partition coefficient (Wildman–Crippen LogP) is 3.50. The zero-order valence-corrected chi connectivity index (χ0v) is 12.8. The molecule has 0 radical (unpaired) electrons. The number of carboxylic acids is 1. The first kappa shape index (κ1) is 13.7. The van der Waals surface area contributed by atoms with Crippen molar-refractivity contribution in [2.45, 2.75) is 11.4 Å². The molecule has 0 unspecified atom stereocenters. The van der Waals surface area contributed by atoms with E-state index in [4.69, 9.17) is 9.52 Å². The van der Waals surface area contributed by atoms with Gasteiger partial charge in [-0.15, -0.1) is 11.8 Å². The quantitative estimate of drug-likeness (QED) is 0.884. The van der Waals surface area contributed by atoms with Crippen molar-refractivity contribution in [2.75, 3.05) is 5.75 Å². The van der Waals surface area contributed by atoms with Gasteiger partial charge in [0.15, 0.2) is 0 Å².